The van der Waals surface area contributed by atoms with Crippen molar-refractivity contribution in [3.8, 4) is 12.8 Å². The molecule has 0 radical (unpaired) electrons. The van der Waals surface area contributed by atoms with Crippen LogP contribution < -0.4 is 0 Å². The maximum atomic E-state index is 4.00. The van der Waals surface area contributed by atoms with Gasteiger partial charge in [-0.3, -0.25) is 0 Å². The van der Waals surface area contributed by atoms with E-state index in [0.29, 0.717) is 0 Å². The summed E-state index contributed by atoms with van der Waals surface area (Å²) in [4.78, 5) is 0. The first-order chi connectivity index (χ1) is 5.79. The lowest BCUT2D eigenvalue weighted by Crippen LogP contribution is -2.09. The van der Waals surface area contributed by atoms with Crippen LogP contribution in [0.15, 0.2) is 13.2 Å². The lowest BCUT2D eigenvalue weighted by atomic mass is 9.84. The van der Waals surface area contributed by atoms with Gasteiger partial charge < -0.3 is 0 Å². The van der Waals surface area contributed by atoms with Crippen molar-refractivity contribution in [1.82, 2.24) is 0 Å². The Hall–Kier alpha value is -0.700. The molecule has 0 heterocycles. The lowest BCUT2D eigenvalue weighted by molar-refractivity contribution is 0.301. The van der Waals surface area contributed by atoms with Crippen LogP contribution in [-0.2, 0) is 0 Å². The standard InChI is InChI=1S/C8H16.C2H4.C2H2/c1-7-4-3-5-8(2)6-7;2*1-2/h7-8H,3-6H2,1-2H3;1-2H2;1-2H. The third-order valence-corrected chi connectivity index (χ3v) is 2.20. The van der Waals surface area contributed by atoms with Crippen LogP contribution in [0.4, 0.5) is 0 Å². The van der Waals surface area contributed by atoms with Gasteiger partial charge in [0.2, 0.25) is 0 Å². The highest BCUT2D eigenvalue weighted by Crippen LogP contribution is 2.27. The van der Waals surface area contributed by atoms with Gasteiger partial charge in [0, 0.05) is 0 Å². The van der Waals surface area contributed by atoms with Gasteiger partial charge in [-0.1, -0.05) is 33.1 Å². The van der Waals surface area contributed by atoms with Gasteiger partial charge in [0.05, 0.1) is 0 Å². The molecule has 12 heavy (non-hydrogen) atoms. The second kappa shape index (κ2) is 10.3. The van der Waals surface area contributed by atoms with E-state index >= 15 is 0 Å². The molecule has 1 aliphatic carbocycles. The molecule has 1 aliphatic rings. The van der Waals surface area contributed by atoms with Gasteiger partial charge in [0.15, 0.2) is 0 Å². The van der Waals surface area contributed by atoms with Gasteiger partial charge in [0.25, 0.3) is 0 Å². The normalized spacial score (nSPS) is 27.0. The maximum absolute atomic E-state index is 4.00. The predicted octanol–water partition coefficient (Wildman–Crippen LogP) is 3.88. The molecule has 2 atom stereocenters. The van der Waals surface area contributed by atoms with Crippen LogP contribution in [0.5, 0.6) is 0 Å². The second-order valence-electron chi connectivity index (χ2n) is 3.38. The van der Waals surface area contributed by atoms with Crippen LogP contribution in [0, 0.1) is 24.7 Å². The molecular formula is C12H22. The molecule has 0 amide bonds. The molecule has 0 spiro atoms. The molecule has 1 fully saturated rings. The maximum Gasteiger partial charge on any atom is -0.0440 e. The summed E-state index contributed by atoms with van der Waals surface area (Å²) in [6.07, 6.45) is 13.9. The third kappa shape index (κ3) is 7.41. The number of terminal acetylenes is 1. The Labute approximate surface area is 78.1 Å². The Morgan fingerprint density at radius 1 is 1.00 bits per heavy atom. The molecule has 0 aromatic rings. The van der Waals surface area contributed by atoms with E-state index in [1.54, 1.807) is 0 Å². The van der Waals surface area contributed by atoms with E-state index in [2.05, 4.69) is 39.9 Å². The molecule has 0 aromatic carbocycles. The minimum absolute atomic E-state index is 1.01. The van der Waals surface area contributed by atoms with E-state index in [1.807, 2.05) is 0 Å². The Morgan fingerprint density at radius 3 is 1.50 bits per heavy atom. The van der Waals surface area contributed by atoms with Crippen LogP contribution in [0.1, 0.15) is 39.5 Å². The molecule has 1 rings (SSSR count). The molecule has 2 unspecified atom stereocenters. The largest absolute Gasteiger partial charge is 0.124 e. The first kappa shape index (κ1) is 13.9. The second-order valence-corrected chi connectivity index (χ2v) is 3.38. The number of rotatable bonds is 0. The predicted molar refractivity (Wildman–Crippen MR) is 57.9 cm³/mol. The summed E-state index contributed by atoms with van der Waals surface area (Å²) >= 11 is 0. The average Bonchev–Trinajstić information content (AvgIpc) is 2.11. The summed E-state index contributed by atoms with van der Waals surface area (Å²) in [6.45, 7) is 10.7. The van der Waals surface area contributed by atoms with E-state index in [4.69, 9.17) is 0 Å². The van der Waals surface area contributed by atoms with Crippen molar-refractivity contribution in [1.29, 1.82) is 0 Å². The molecular weight excluding hydrogens is 144 g/mol. The van der Waals surface area contributed by atoms with Crippen molar-refractivity contribution in [3.63, 3.8) is 0 Å². The van der Waals surface area contributed by atoms with Gasteiger partial charge in [-0.25, -0.2) is 0 Å². The van der Waals surface area contributed by atoms with Crippen molar-refractivity contribution in [2.24, 2.45) is 11.8 Å². The molecule has 0 bridgehead atoms. The number of hydrogen-bond acceptors (Lipinski definition) is 0. The molecule has 70 valence electrons. The first-order valence-corrected chi connectivity index (χ1v) is 4.62. The summed E-state index contributed by atoms with van der Waals surface area (Å²) in [5, 5.41) is 0. The monoisotopic (exact) mass is 166 g/mol. The van der Waals surface area contributed by atoms with Gasteiger partial charge >= 0.3 is 0 Å². The Kier molecular flexibility index (Phi) is 11.9. The number of hydrogen-bond donors (Lipinski definition) is 0. The summed E-state index contributed by atoms with van der Waals surface area (Å²) in [5.41, 5.74) is 0. The van der Waals surface area contributed by atoms with Crippen LogP contribution in [0.3, 0.4) is 0 Å². The highest BCUT2D eigenvalue weighted by Gasteiger charge is 2.13. The van der Waals surface area contributed by atoms with E-state index in [1.165, 1.54) is 25.7 Å². The van der Waals surface area contributed by atoms with E-state index in [9.17, 15) is 0 Å². The molecule has 0 aromatic heterocycles. The fourth-order valence-electron chi connectivity index (χ4n) is 1.74. The van der Waals surface area contributed by atoms with Crippen molar-refractivity contribution in [2.45, 2.75) is 39.5 Å². The lowest BCUT2D eigenvalue weighted by Gasteiger charge is -2.22. The first-order valence-electron chi connectivity index (χ1n) is 4.62. The van der Waals surface area contributed by atoms with Gasteiger partial charge in [0.1, 0.15) is 0 Å². The smallest absolute Gasteiger partial charge is 0.0440 e. The van der Waals surface area contributed by atoms with E-state index in [-0.39, 0.29) is 0 Å². The van der Waals surface area contributed by atoms with Crippen molar-refractivity contribution >= 4 is 0 Å². The topological polar surface area (TPSA) is 0 Å². The summed E-state index contributed by atoms with van der Waals surface area (Å²) < 4.78 is 0. The fourth-order valence-corrected chi connectivity index (χ4v) is 1.74. The van der Waals surface area contributed by atoms with Gasteiger partial charge in [-0.15, -0.1) is 26.0 Å². The zero-order valence-corrected chi connectivity index (χ0v) is 8.55. The van der Waals surface area contributed by atoms with Crippen LogP contribution in [0.2, 0.25) is 0 Å². The molecule has 0 N–H and O–H groups in total. The average molecular weight is 166 g/mol. The summed E-state index contributed by atoms with van der Waals surface area (Å²) in [7, 11) is 0. The Bertz CT molecular complexity index is 93.9. The SMILES string of the molecule is C#C.C=C.CC1CCCC(C)C1. The molecule has 0 saturated heterocycles. The Morgan fingerprint density at radius 2 is 1.33 bits per heavy atom. The molecule has 0 heteroatoms. The van der Waals surface area contributed by atoms with E-state index < -0.39 is 0 Å². The minimum Gasteiger partial charge on any atom is -0.124 e. The Balaban J connectivity index is 0. The molecule has 0 aliphatic heterocycles. The minimum atomic E-state index is 1.01. The zero-order valence-electron chi connectivity index (χ0n) is 8.55. The van der Waals surface area contributed by atoms with Gasteiger partial charge in [-0.05, 0) is 18.3 Å². The van der Waals surface area contributed by atoms with Crippen LogP contribution >= 0.6 is 0 Å². The third-order valence-electron chi connectivity index (χ3n) is 2.20. The molecule has 1 saturated carbocycles. The van der Waals surface area contributed by atoms with Crippen LogP contribution in [-0.4, -0.2) is 0 Å². The van der Waals surface area contributed by atoms with Gasteiger partial charge in [-0.2, -0.15) is 0 Å². The fraction of sp³-hybridized carbons (Fsp3) is 0.667. The quantitative estimate of drug-likeness (QED) is 0.378. The van der Waals surface area contributed by atoms with Crippen molar-refractivity contribution < 1.29 is 0 Å². The zero-order chi connectivity index (χ0) is 9.98. The van der Waals surface area contributed by atoms with Crippen molar-refractivity contribution in [2.75, 3.05) is 0 Å². The molecule has 0 nitrogen and oxygen atoms in total. The highest BCUT2D eigenvalue weighted by atomic mass is 14.2. The van der Waals surface area contributed by atoms with E-state index in [0.717, 1.165) is 11.8 Å². The summed E-state index contributed by atoms with van der Waals surface area (Å²) in [5.74, 6) is 2.03. The summed E-state index contributed by atoms with van der Waals surface area (Å²) in [6, 6.07) is 0. The highest BCUT2D eigenvalue weighted by molar-refractivity contribution is 4.66. The van der Waals surface area contributed by atoms with Crippen LogP contribution in [0.25, 0.3) is 0 Å². The van der Waals surface area contributed by atoms with Crippen molar-refractivity contribution in [3.05, 3.63) is 13.2 Å².